The summed E-state index contributed by atoms with van der Waals surface area (Å²) in [6, 6.07) is 41.9. The Morgan fingerprint density at radius 2 is 1.09 bits per heavy atom. The summed E-state index contributed by atoms with van der Waals surface area (Å²) >= 11 is 1.86. The standard InChI is InChI=1S/C32H25NS/c1-22-10-15-26(16-11-22)33(27-17-12-23(2)13-18-27)28-7-5-6-24(20-28)25-14-19-32-30(21-25)29-8-3-4-9-31(29)34-32/h3-21H,1-2H3. The minimum Gasteiger partial charge on any atom is -0.310 e. The van der Waals surface area contributed by atoms with Crippen molar-refractivity contribution < 1.29 is 0 Å². The summed E-state index contributed by atoms with van der Waals surface area (Å²) in [6.45, 7) is 4.26. The van der Waals surface area contributed by atoms with E-state index in [0.717, 1.165) is 17.1 Å². The topological polar surface area (TPSA) is 3.24 Å². The molecule has 0 unspecified atom stereocenters. The van der Waals surface area contributed by atoms with Gasteiger partial charge in [-0.3, -0.25) is 0 Å². The van der Waals surface area contributed by atoms with Crippen molar-refractivity contribution >= 4 is 48.6 Å². The van der Waals surface area contributed by atoms with Gasteiger partial charge in [0.05, 0.1) is 0 Å². The Morgan fingerprint density at radius 3 is 1.79 bits per heavy atom. The first-order chi connectivity index (χ1) is 16.7. The smallest absolute Gasteiger partial charge is 0.0467 e. The van der Waals surface area contributed by atoms with Crippen LogP contribution in [0.3, 0.4) is 0 Å². The minimum atomic E-state index is 1.15. The highest BCUT2D eigenvalue weighted by Gasteiger charge is 2.14. The summed E-state index contributed by atoms with van der Waals surface area (Å²) in [5.41, 5.74) is 8.46. The van der Waals surface area contributed by atoms with Gasteiger partial charge in [0, 0.05) is 37.2 Å². The van der Waals surface area contributed by atoms with Crippen LogP contribution in [-0.4, -0.2) is 0 Å². The van der Waals surface area contributed by atoms with E-state index in [1.54, 1.807) is 0 Å². The summed E-state index contributed by atoms with van der Waals surface area (Å²) in [7, 11) is 0. The highest BCUT2D eigenvalue weighted by Crippen LogP contribution is 2.39. The molecule has 0 N–H and O–H groups in total. The number of nitrogens with zero attached hydrogens (tertiary/aromatic N) is 1. The Hall–Kier alpha value is -3.88. The molecule has 0 saturated carbocycles. The predicted octanol–water partition coefficient (Wildman–Crippen LogP) is 9.81. The number of thiophene rings is 1. The van der Waals surface area contributed by atoms with Crippen molar-refractivity contribution in [1.29, 1.82) is 0 Å². The number of anilines is 3. The van der Waals surface area contributed by atoms with Gasteiger partial charge in [-0.15, -0.1) is 11.3 Å². The van der Waals surface area contributed by atoms with Gasteiger partial charge in [0.1, 0.15) is 0 Å². The summed E-state index contributed by atoms with van der Waals surface area (Å²) in [4.78, 5) is 2.33. The van der Waals surface area contributed by atoms with Crippen LogP contribution in [0.4, 0.5) is 17.1 Å². The molecule has 0 spiro atoms. The van der Waals surface area contributed by atoms with Crippen LogP contribution in [0.1, 0.15) is 11.1 Å². The second-order valence-electron chi connectivity index (χ2n) is 8.87. The molecule has 0 aliphatic rings. The lowest BCUT2D eigenvalue weighted by atomic mass is 10.0. The van der Waals surface area contributed by atoms with E-state index in [1.807, 2.05) is 11.3 Å². The molecule has 2 heteroatoms. The number of rotatable bonds is 4. The molecule has 0 atom stereocenters. The Bertz CT molecular complexity index is 1560. The molecule has 0 radical (unpaired) electrons. The van der Waals surface area contributed by atoms with E-state index in [9.17, 15) is 0 Å². The van der Waals surface area contributed by atoms with Crippen LogP contribution >= 0.6 is 11.3 Å². The summed E-state index contributed by atoms with van der Waals surface area (Å²) in [6.07, 6.45) is 0. The summed E-state index contributed by atoms with van der Waals surface area (Å²) in [5.74, 6) is 0. The maximum Gasteiger partial charge on any atom is 0.0467 e. The minimum absolute atomic E-state index is 1.15. The molecule has 0 amide bonds. The molecule has 0 bridgehead atoms. The van der Waals surface area contributed by atoms with E-state index in [2.05, 4.69) is 134 Å². The molecule has 34 heavy (non-hydrogen) atoms. The van der Waals surface area contributed by atoms with Gasteiger partial charge in [0.15, 0.2) is 0 Å². The molecule has 1 heterocycles. The van der Waals surface area contributed by atoms with Crippen molar-refractivity contribution in [3.63, 3.8) is 0 Å². The Labute approximate surface area is 204 Å². The number of hydrogen-bond donors (Lipinski definition) is 0. The van der Waals surface area contributed by atoms with Gasteiger partial charge in [-0.05, 0) is 79.6 Å². The average molecular weight is 456 g/mol. The summed E-state index contributed by atoms with van der Waals surface area (Å²) < 4.78 is 2.68. The Balaban J connectivity index is 1.48. The first kappa shape index (κ1) is 20.7. The largest absolute Gasteiger partial charge is 0.310 e. The number of hydrogen-bond acceptors (Lipinski definition) is 2. The maximum atomic E-state index is 2.34. The van der Waals surface area contributed by atoms with Gasteiger partial charge < -0.3 is 4.90 Å². The van der Waals surface area contributed by atoms with E-state index < -0.39 is 0 Å². The molecule has 0 aliphatic heterocycles. The molecule has 0 saturated heterocycles. The van der Waals surface area contributed by atoms with Crippen molar-refractivity contribution in [2.24, 2.45) is 0 Å². The molecule has 6 rings (SSSR count). The van der Waals surface area contributed by atoms with E-state index in [-0.39, 0.29) is 0 Å². The molecule has 1 nitrogen and oxygen atoms in total. The van der Waals surface area contributed by atoms with Gasteiger partial charge in [-0.2, -0.15) is 0 Å². The molecular weight excluding hydrogens is 430 g/mol. The quantitative estimate of drug-likeness (QED) is 0.256. The van der Waals surface area contributed by atoms with Crippen LogP contribution in [0.25, 0.3) is 31.3 Å². The lowest BCUT2D eigenvalue weighted by molar-refractivity contribution is 1.27. The Morgan fingerprint density at radius 1 is 0.471 bits per heavy atom. The third-order valence-electron chi connectivity index (χ3n) is 6.40. The molecule has 164 valence electrons. The average Bonchev–Trinajstić information content (AvgIpc) is 3.25. The van der Waals surface area contributed by atoms with Gasteiger partial charge in [-0.25, -0.2) is 0 Å². The maximum absolute atomic E-state index is 2.34. The highest BCUT2D eigenvalue weighted by atomic mass is 32.1. The molecule has 0 aliphatic carbocycles. The summed E-state index contributed by atoms with van der Waals surface area (Å²) in [5, 5.41) is 2.67. The van der Waals surface area contributed by atoms with E-state index in [0.29, 0.717) is 0 Å². The fourth-order valence-electron chi connectivity index (χ4n) is 4.57. The normalized spacial score (nSPS) is 11.2. The third kappa shape index (κ3) is 3.76. The van der Waals surface area contributed by atoms with Crippen molar-refractivity contribution in [2.45, 2.75) is 13.8 Å². The molecule has 0 fully saturated rings. The molecular formula is C32H25NS. The predicted molar refractivity (Wildman–Crippen MR) is 149 cm³/mol. The van der Waals surface area contributed by atoms with Crippen molar-refractivity contribution in [1.82, 2.24) is 0 Å². The fourth-order valence-corrected chi connectivity index (χ4v) is 5.65. The van der Waals surface area contributed by atoms with Crippen molar-refractivity contribution in [3.05, 3.63) is 126 Å². The zero-order valence-electron chi connectivity index (χ0n) is 19.3. The van der Waals surface area contributed by atoms with Gasteiger partial charge >= 0.3 is 0 Å². The van der Waals surface area contributed by atoms with Gasteiger partial charge in [0.2, 0.25) is 0 Å². The zero-order valence-corrected chi connectivity index (χ0v) is 20.1. The molecule has 5 aromatic carbocycles. The molecule has 6 aromatic rings. The van der Waals surface area contributed by atoms with E-state index >= 15 is 0 Å². The fraction of sp³-hybridized carbons (Fsp3) is 0.0625. The first-order valence-corrected chi connectivity index (χ1v) is 12.4. The van der Waals surface area contributed by atoms with Crippen LogP contribution in [0.2, 0.25) is 0 Å². The van der Waals surface area contributed by atoms with Crippen LogP contribution in [-0.2, 0) is 0 Å². The lowest BCUT2D eigenvalue weighted by Gasteiger charge is -2.26. The zero-order chi connectivity index (χ0) is 23.1. The second kappa shape index (κ2) is 8.48. The van der Waals surface area contributed by atoms with Crippen LogP contribution in [0.15, 0.2) is 115 Å². The van der Waals surface area contributed by atoms with Gasteiger partial charge in [-0.1, -0.05) is 71.8 Å². The lowest BCUT2D eigenvalue weighted by Crippen LogP contribution is -2.10. The van der Waals surface area contributed by atoms with Crippen molar-refractivity contribution in [3.8, 4) is 11.1 Å². The van der Waals surface area contributed by atoms with Gasteiger partial charge in [0.25, 0.3) is 0 Å². The number of fused-ring (bicyclic) bond motifs is 3. The monoisotopic (exact) mass is 455 g/mol. The van der Waals surface area contributed by atoms with Crippen LogP contribution in [0, 0.1) is 13.8 Å². The highest BCUT2D eigenvalue weighted by molar-refractivity contribution is 7.25. The molecule has 1 aromatic heterocycles. The van der Waals surface area contributed by atoms with E-state index in [1.165, 1.54) is 42.4 Å². The second-order valence-corrected chi connectivity index (χ2v) is 9.95. The number of benzene rings is 5. The first-order valence-electron chi connectivity index (χ1n) is 11.6. The van der Waals surface area contributed by atoms with Crippen LogP contribution in [0.5, 0.6) is 0 Å². The number of aryl methyl sites for hydroxylation is 2. The Kier molecular flexibility index (Phi) is 5.16. The third-order valence-corrected chi connectivity index (χ3v) is 7.55. The van der Waals surface area contributed by atoms with Crippen molar-refractivity contribution in [2.75, 3.05) is 4.90 Å². The van der Waals surface area contributed by atoms with Crippen LogP contribution < -0.4 is 4.90 Å². The SMILES string of the molecule is Cc1ccc(N(c2ccc(C)cc2)c2cccc(-c3ccc4sc5ccccc5c4c3)c2)cc1. The van der Waals surface area contributed by atoms with E-state index in [4.69, 9.17) is 0 Å².